The minimum atomic E-state index is 0.0856. The molecular weight excluding hydrogens is 202 g/mol. The summed E-state index contributed by atoms with van der Waals surface area (Å²) in [5.41, 5.74) is 1.20. The van der Waals surface area contributed by atoms with Crippen LogP contribution in [0.4, 0.5) is 5.82 Å². The summed E-state index contributed by atoms with van der Waals surface area (Å²) in [7, 11) is 0. The second-order valence-corrected chi connectivity index (χ2v) is 4.65. The Hall–Kier alpha value is -1.13. The maximum absolute atomic E-state index is 5.91. The van der Waals surface area contributed by atoms with Crippen LogP contribution in [0.1, 0.15) is 19.4 Å². The number of anilines is 1. The van der Waals surface area contributed by atoms with Crippen LogP contribution < -0.4 is 4.90 Å². The third kappa shape index (κ3) is 1.41. The highest BCUT2D eigenvalue weighted by Gasteiger charge is 2.38. The van der Waals surface area contributed by atoms with Crippen molar-refractivity contribution in [1.82, 2.24) is 9.88 Å². The molecule has 0 bridgehead atoms. The Labute approximate surface area is 95.8 Å². The lowest BCUT2D eigenvalue weighted by Gasteiger charge is -2.36. The van der Waals surface area contributed by atoms with E-state index >= 15 is 0 Å². The molecule has 1 atom stereocenters. The van der Waals surface area contributed by atoms with E-state index in [2.05, 4.69) is 34.7 Å². The molecule has 16 heavy (non-hydrogen) atoms. The lowest BCUT2D eigenvalue weighted by Crippen LogP contribution is -2.46. The Balaban J connectivity index is 1.93. The van der Waals surface area contributed by atoms with E-state index in [-0.39, 0.29) is 6.35 Å². The summed E-state index contributed by atoms with van der Waals surface area (Å²) in [5.74, 6) is 1.10. The molecule has 1 fully saturated rings. The van der Waals surface area contributed by atoms with Gasteiger partial charge in [-0.1, -0.05) is 6.07 Å². The van der Waals surface area contributed by atoms with Crippen LogP contribution in [0, 0.1) is 0 Å². The lowest BCUT2D eigenvalue weighted by molar-refractivity contribution is -0.0629. The molecule has 4 heteroatoms. The summed E-state index contributed by atoms with van der Waals surface area (Å²) in [5, 5.41) is 0. The summed E-state index contributed by atoms with van der Waals surface area (Å²) in [6.45, 7) is 7.15. The zero-order valence-corrected chi connectivity index (χ0v) is 9.76. The Morgan fingerprint density at radius 1 is 1.44 bits per heavy atom. The molecule has 0 amide bonds. The quantitative estimate of drug-likeness (QED) is 0.714. The third-order valence-corrected chi connectivity index (χ3v) is 3.34. The smallest absolute Gasteiger partial charge is 0.191 e. The van der Waals surface area contributed by atoms with E-state index < -0.39 is 0 Å². The molecule has 0 N–H and O–H groups in total. The molecule has 0 saturated carbocycles. The molecule has 86 valence electrons. The van der Waals surface area contributed by atoms with Crippen LogP contribution in [-0.4, -0.2) is 35.4 Å². The van der Waals surface area contributed by atoms with Crippen LogP contribution in [0.2, 0.25) is 0 Å². The maximum Gasteiger partial charge on any atom is 0.191 e. The zero-order chi connectivity index (χ0) is 11.1. The lowest BCUT2D eigenvalue weighted by atomic mass is 10.2. The van der Waals surface area contributed by atoms with Gasteiger partial charge in [0.1, 0.15) is 5.82 Å². The Kier molecular flexibility index (Phi) is 2.33. The van der Waals surface area contributed by atoms with Gasteiger partial charge in [0.05, 0.1) is 6.61 Å². The highest BCUT2D eigenvalue weighted by molar-refractivity contribution is 5.49. The van der Waals surface area contributed by atoms with Gasteiger partial charge in [0.2, 0.25) is 0 Å². The van der Waals surface area contributed by atoms with Gasteiger partial charge in [-0.2, -0.15) is 0 Å². The van der Waals surface area contributed by atoms with Crippen molar-refractivity contribution >= 4 is 5.82 Å². The van der Waals surface area contributed by atoms with Crippen LogP contribution in [0.5, 0.6) is 0 Å². The van der Waals surface area contributed by atoms with E-state index in [1.54, 1.807) is 0 Å². The highest BCUT2D eigenvalue weighted by atomic mass is 16.5. The van der Waals surface area contributed by atoms with E-state index in [0.717, 1.165) is 18.9 Å². The SMILES string of the molecule is CC(C)N1CCN2c3ncccc3COC21. The first kappa shape index (κ1) is 10.1. The topological polar surface area (TPSA) is 28.6 Å². The summed E-state index contributed by atoms with van der Waals surface area (Å²) in [4.78, 5) is 9.11. The van der Waals surface area contributed by atoms with Crippen molar-refractivity contribution in [3.8, 4) is 0 Å². The molecule has 1 aromatic heterocycles. The average Bonchev–Trinajstić information content (AvgIpc) is 2.73. The van der Waals surface area contributed by atoms with E-state index in [4.69, 9.17) is 4.74 Å². The Bertz CT molecular complexity index is 394. The monoisotopic (exact) mass is 219 g/mol. The molecule has 4 nitrogen and oxygen atoms in total. The fraction of sp³-hybridized carbons (Fsp3) is 0.583. The first-order chi connectivity index (χ1) is 7.77. The normalized spacial score (nSPS) is 24.7. The molecule has 1 unspecified atom stereocenters. The van der Waals surface area contributed by atoms with Crippen LogP contribution >= 0.6 is 0 Å². The molecule has 0 radical (unpaired) electrons. The predicted molar refractivity (Wildman–Crippen MR) is 62.0 cm³/mol. The largest absolute Gasteiger partial charge is 0.340 e. The number of hydrogen-bond donors (Lipinski definition) is 0. The van der Waals surface area contributed by atoms with Crippen molar-refractivity contribution in [2.75, 3.05) is 18.0 Å². The van der Waals surface area contributed by atoms with Gasteiger partial charge in [-0.3, -0.25) is 4.90 Å². The fourth-order valence-electron chi connectivity index (χ4n) is 2.50. The van der Waals surface area contributed by atoms with Crippen molar-refractivity contribution in [1.29, 1.82) is 0 Å². The molecular formula is C12H17N3O. The number of rotatable bonds is 1. The van der Waals surface area contributed by atoms with Crippen molar-refractivity contribution in [2.45, 2.75) is 32.8 Å². The highest BCUT2D eigenvalue weighted by Crippen LogP contribution is 2.32. The number of fused-ring (bicyclic) bond motifs is 3. The summed E-state index contributed by atoms with van der Waals surface area (Å²) < 4.78 is 5.91. The second-order valence-electron chi connectivity index (χ2n) is 4.65. The Morgan fingerprint density at radius 2 is 2.31 bits per heavy atom. The minimum absolute atomic E-state index is 0.0856. The van der Waals surface area contributed by atoms with Gasteiger partial charge in [-0.25, -0.2) is 4.98 Å². The van der Waals surface area contributed by atoms with Crippen molar-refractivity contribution in [2.24, 2.45) is 0 Å². The molecule has 3 rings (SSSR count). The molecule has 1 aromatic rings. The first-order valence-corrected chi connectivity index (χ1v) is 5.85. The van der Waals surface area contributed by atoms with E-state index in [0.29, 0.717) is 12.6 Å². The van der Waals surface area contributed by atoms with Crippen molar-refractivity contribution in [3.63, 3.8) is 0 Å². The van der Waals surface area contributed by atoms with Gasteiger partial charge in [-0.15, -0.1) is 0 Å². The average molecular weight is 219 g/mol. The summed E-state index contributed by atoms with van der Waals surface area (Å²) in [6, 6.07) is 4.58. The number of ether oxygens (including phenoxy) is 1. The van der Waals surface area contributed by atoms with Gasteiger partial charge in [0.15, 0.2) is 6.35 Å². The van der Waals surface area contributed by atoms with Gasteiger partial charge in [0, 0.05) is 30.9 Å². The van der Waals surface area contributed by atoms with Crippen LogP contribution in [0.15, 0.2) is 18.3 Å². The molecule has 0 aliphatic carbocycles. The van der Waals surface area contributed by atoms with Crippen LogP contribution in [0.25, 0.3) is 0 Å². The van der Waals surface area contributed by atoms with Gasteiger partial charge in [0.25, 0.3) is 0 Å². The Morgan fingerprint density at radius 3 is 3.12 bits per heavy atom. The maximum atomic E-state index is 5.91. The van der Waals surface area contributed by atoms with E-state index in [1.807, 2.05) is 12.3 Å². The van der Waals surface area contributed by atoms with Gasteiger partial charge in [-0.05, 0) is 19.9 Å². The molecule has 0 aromatic carbocycles. The first-order valence-electron chi connectivity index (χ1n) is 5.85. The predicted octanol–water partition coefficient (Wildman–Crippen LogP) is 1.43. The molecule has 3 heterocycles. The van der Waals surface area contributed by atoms with Crippen molar-refractivity contribution < 1.29 is 4.74 Å². The zero-order valence-electron chi connectivity index (χ0n) is 9.76. The van der Waals surface area contributed by atoms with Gasteiger partial charge >= 0.3 is 0 Å². The van der Waals surface area contributed by atoms with Gasteiger partial charge < -0.3 is 9.64 Å². The number of pyridine rings is 1. The number of hydrogen-bond acceptors (Lipinski definition) is 4. The summed E-state index contributed by atoms with van der Waals surface area (Å²) >= 11 is 0. The fourth-order valence-corrected chi connectivity index (χ4v) is 2.50. The molecule has 2 aliphatic heterocycles. The number of nitrogens with zero attached hydrogens (tertiary/aromatic N) is 3. The van der Waals surface area contributed by atoms with Crippen LogP contribution in [0.3, 0.4) is 0 Å². The molecule has 1 saturated heterocycles. The van der Waals surface area contributed by atoms with Crippen LogP contribution in [-0.2, 0) is 11.3 Å². The minimum Gasteiger partial charge on any atom is -0.340 e. The van der Waals surface area contributed by atoms with Crippen molar-refractivity contribution in [3.05, 3.63) is 23.9 Å². The molecule has 2 aliphatic rings. The number of aromatic nitrogens is 1. The second kappa shape index (κ2) is 3.71. The summed E-state index contributed by atoms with van der Waals surface area (Å²) in [6.07, 6.45) is 1.95. The molecule has 0 spiro atoms. The van der Waals surface area contributed by atoms with E-state index in [9.17, 15) is 0 Å². The third-order valence-electron chi connectivity index (χ3n) is 3.34. The standard InChI is InChI=1S/C12H17N3O/c1-9(2)14-6-7-15-11-10(4-3-5-13-11)8-16-12(14)15/h3-5,9,12H,6-8H2,1-2H3. The van der Waals surface area contributed by atoms with E-state index in [1.165, 1.54) is 5.56 Å².